The summed E-state index contributed by atoms with van der Waals surface area (Å²) in [6.45, 7) is 5.48. The van der Waals surface area contributed by atoms with E-state index in [1.807, 2.05) is 12.1 Å². The number of ether oxygens (including phenoxy) is 2. The molecule has 0 aromatic heterocycles. The minimum atomic E-state index is 0.250. The molecule has 1 aliphatic rings. The van der Waals surface area contributed by atoms with Crippen LogP contribution in [0.2, 0.25) is 0 Å². The van der Waals surface area contributed by atoms with Crippen LogP contribution in [0.5, 0.6) is 11.5 Å². The fourth-order valence-corrected chi connectivity index (χ4v) is 2.27. The van der Waals surface area contributed by atoms with Crippen LogP contribution in [0.3, 0.4) is 0 Å². The molecule has 18 heavy (non-hydrogen) atoms. The van der Waals surface area contributed by atoms with Crippen LogP contribution in [0, 0.1) is 0 Å². The zero-order valence-electron chi connectivity index (χ0n) is 11.1. The van der Waals surface area contributed by atoms with E-state index in [-0.39, 0.29) is 5.75 Å². The van der Waals surface area contributed by atoms with Crippen molar-refractivity contribution in [1.82, 2.24) is 4.90 Å². The number of para-hydroxylation sites is 1. The highest BCUT2D eigenvalue weighted by molar-refractivity contribution is 5.45. The lowest BCUT2D eigenvalue weighted by atomic mass is 10.1. The first-order valence-corrected chi connectivity index (χ1v) is 6.43. The maximum atomic E-state index is 10.1. The van der Waals surface area contributed by atoms with Crippen molar-refractivity contribution in [3.8, 4) is 11.5 Å². The third-order valence-corrected chi connectivity index (χ3v) is 3.37. The summed E-state index contributed by atoms with van der Waals surface area (Å²) in [5, 5.41) is 10.1. The van der Waals surface area contributed by atoms with Crippen molar-refractivity contribution in [3.63, 3.8) is 0 Å². The van der Waals surface area contributed by atoms with Gasteiger partial charge in [0.25, 0.3) is 0 Å². The first kappa shape index (κ1) is 13.2. The third-order valence-electron chi connectivity index (χ3n) is 3.37. The van der Waals surface area contributed by atoms with E-state index in [9.17, 15) is 5.11 Å². The predicted molar refractivity (Wildman–Crippen MR) is 70.0 cm³/mol. The normalized spacial score (nSPS) is 20.9. The summed E-state index contributed by atoms with van der Waals surface area (Å²) in [5.41, 5.74) is 0.908. The Morgan fingerprint density at radius 3 is 3.06 bits per heavy atom. The Balaban J connectivity index is 2.04. The molecule has 1 aromatic carbocycles. The molecule has 100 valence electrons. The van der Waals surface area contributed by atoms with Gasteiger partial charge in [-0.1, -0.05) is 19.1 Å². The SMILES string of the molecule is CCC1CN(Cc2cccc(OC)c2O)CCO1. The molecular weight excluding hydrogens is 230 g/mol. The van der Waals surface area contributed by atoms with Gasteiger partial charge >= 0.3 is 0 Å². The topological polar surface area (TPSA) is 41.9 Å². The van der Waals surface area contributed by atoms with Crippen LogP contribution in [-0.2, 0) is 11.3 Å². The summed E-state index contributed by atoms with van der Waals surface area (Å²) in [6, 6.07) is 5.62. The van der Waals surface area contributed by atoms with Crippen molar-refractivity contribution in [1.29, 1.82) is 0 Å². The lowest BCUT2D eigenvalue weighted by Crippen LogP contribution is -2.41. The van der Waals surface area contributed by atoms with E-state index in [0.29, 0.717) is 11.9 Å². The summed E-state index contributed by atoms with van der Waals surface area (Å²) in [6.07, 6.45) is 1.34. The van der Waals surface area contributed by atoms with Gasteiger partial charge in [0, 0.05) is 25.2 Å². The molecule has 1 saturated heterocycles. The highest BCUT2D eigenvalue weighted by Crippen LogP contribution is 2.30. The van der Waals surface area contributed by atoms with Gasteiger partial charge in [-0.25, -0.2) is 0 Å². The Kier molecular flexibility index (Phi) is 4.44. The van der Waals surface area contributed by atoms with Crippen LogP contribution in [0.25, 0.3) is 0 Å². The van der Waals surface area contributed by atoms with Gasteiger partial charge < -0.3 is 14.6 Å². The Labute approximate surface area is 108 Å². The largest absolute Gasteiger partial charge is 0.504 e. The highest BCUT2D eigenvalue weighted by Gasteiger charge is 2.20. The Morgan fingerprint density at radius 1 is 1.50 bits per heavy atom. The van der Waals surface area contributed by atoms with Crippen LogP contribution in [-0.4, -0.2) is 42.9 Å². The summed E-state index contributed by atoms with van der Waals surface area (Å²) in [4.78, 5) is 2.31. The van der Waals surface area contributed by atoms with Crippen molar-refractivity contribution in [2.45, 2.75) is 26.0 Å². The summed E-state index contributed by atoms with van der Waals surface area (Å²) >= 11 is 0. The molecule has 0 radical (unpaired) electrons. The van der Waals surface area contributed by atoms with E-state index in [2.05, 4.69) is 11.8 Å². The van der Waals surface area contributed by atoms with Gasteiger partial charge in [-0.3, -0.25) is 4.90 Å². The number of aromatic hydroxyl groups is 1. The Bertz CT molecular complexity index is 395. The monoisotopic (exact) mass is 251 g/mol. The van der Waals surface area contributed by atoms with Gasteiger partial charge in [0.1, 0.15) is 0 Å². The molecule has 1 fully saturated rings. The number of methoxy groups -OCH3 is 1. The minimum Gasteiger partial charge on any atom is -0.504 e. The molecule has 4 heteroatoms. The number of nitrogens with zero attached hydrogens (tertiary/aromatic N) is 1. The van der Waals surface area contributed by atoms with E-state index in [4.69, 9.17) is 9.47 Å². The number of phenols is 1. The van der Waals surface area contributed by atoms with Gasteiger partial charge in [0.2, 0.25) is 0 Å². The number of benzene rings is 1. The predicted octanol–water partition coefficient (Wildman–Crippen LogP) is 2.01. The van der Waals surface area contributed by atoms with E-state index >= 15 is 0 Å². The maximum Gasteiger partial charge on any atom is 0.162 e. The second-order valence-electron chi connectivity index (χ2n) is 4.60. The average molecular weight is 251 g/mol. The Morgan fingerprint density at radius 2 is 2.33 bits per heavy atom. The number of hydrogen-bond donors (Lipinski definition) is 1. The Hall–Kier alpha value is -1.26. The molecule has 0 saturated carbocycles. The smallest absolute Gasteiger partial charge is 0.162 e. The van der Waals surface area contributed by atoms with Crippen molar-refractivity contribution >= 4 is 0 Å². The molecule has 2 rings (SSSR count). The number of hydrogen-bond acceptors (Lipinski definition) is 4. The summed E-state index contributed by atoms with van der Waals surface area (Å²) in [5.74, 6) is 0.785. The first-order valence-electron chi connectivity index (χ1n) is 6.43. The average Bonchev–Trinajstić information content (AvgIpc) is 2.41. The maximum absolute atomic E-state index is 10.1. The zero-order valence-corrected chi connectivity index (χ0v) is 11.1. The molecule has 0 aliphatic carbocycles. The lowest BCUT2D eigenvalue weighted by molar-refractivity contribution is -0.0326. The van der Waals surface area contributed by atoms with Crippen LogP contribution in [0.15, 0.2) is 18.2 Å². The minimum absolute atomic E-state index is 0.250. The van der Waals surface area contributed by atoms with Crippen LogP contribution < -0.4 is 4.74 Å². The molecule has 0 bridgehead atoms. The van der Waals surface area contributed by atoms with E-state index in [1.54, 1.807) is 13.2 Å². The molecule has 1 aliphatic heterocycles. The van der Waals surface area contributed by atoms with E-state index in [1.165, 1.54) is 0 Å². The van der Waals surface area contributed by atoms with Gasteiger partial charge in [0.15, 0.2) is 11.5 Å². The fourth-order valence-electron chi connectivity index (χ4n) is 2.27. The number of morpholine rings is 1. The van der Waals surface area contributed by atoms with Crippen LogP contribution >= 0.6 is 0 Å². The third kappa shape index (κ3) is 2.94. The quantitative estimate of drug-likeness (QED) is 0.889. The van der Waals surface area contributed by atoms with E-state index in [0.717, 1.165) is 38.2 Å². The molecule has 1 heterocycles. The molecule has 0 spiro atoms. The number of phenolic OH excluding ortho intramolecular Hbond substituents is 1. The molecular formula is C14H21NO3. The molecule has 1 atom stereocenters. The summed E-state index contributed by atoms with van der Waals surface area (Å²) in [7, 11) is 1.57. The second-order valence-corrected chi connectivity index (χ2v) is 4.60. The van der Waals surface area contributed by atoms with Gasteiger partial charge in [0.05, 0.1) is 19.8 Å². The van der Waals surface area contributed by atoms with Crippen molar-refractivity contribution in [2.75, 3.05) is 26.8 Å². The zero-order chi connectivity index (χ0) is 13.0. The second kappa shape index (κ2) is 6.07. The fraction of sp³-hybridized carbons (Fsp3) is 0.571. The molecule has 4 nitrogen and oxygen atoms in total. The molecule has 1 N–H and O–H groups in total. The van der Waals surface area contributed by atoms with Crippen LogP contribution in [0.1, 0.15) is 18.9 Å². The van der Waals surface area contributed by atoms with Crippen molar-refractivity contribution in [2.24, 2.45) is 0 Å². The van der Waals surface area contributed by atoms with Crippen molar-refractivity contribution < 1.29 is 14.6 Å². The number of rotatable bonds is 4. The lowest BCUT2D eigenvalue weighted by Gasteiger charge is -2.32. The molecule has 1 aromatic rings. The van der Waals surface area contributed by atoms with E-state index < -0.39 is 0 Å². The molecule has 1 unspecified atom stereocenters. The van der Waals surface area contributed by atoms with Gasteiger partial charge in [-0.2, -0.15) is 0 Å². The summed E-state index contributed by atoms with van der Waals surface area (Å²) < 4.78 is 10.8. The van der Waals surface area contributed by atoms with Crippen LogP contribution in [0.4, 0.5) is 0 Å². The van der Waals surface area contributed by atoms with Gasteiger partial charge in [-0.05, 0) is 12.5 Å². The first-order chi connectivity index (χ1) is 8.74. The standard InChI is InChI=1S/C14H21NO3/c1-3-12-10-15(7-8-18-12)9-11-5-4-6-13(17-2)14(11)16/h4-6,12,16H,3,7-10H2,1-2H3. The highest BCUT2D eigenvalue weighted by atomic mass is 16.5. The van der Waals surface area contributed by atoms with Gasteiger partial charge in [-0.15, -0.1) is 0 Å². The molecule has 0 amide bonds. The van der Waals surface area contributed by atoms with Crippen molar-refractivity contribution in [3.05, 3.63) is 23.8 Å².